The molecule has 1 N–H and O–H groups in total. The van der Waals surface area contributed by atoms with Crippen LogP contribution in [0.15, 0.2) is 72.6 Å². The molecule has 1 saturated heterocycles. The number of benzene rings is 2. The van der Waals surface area contributed by atoms with E-state index in [0.29, 0.717) is 16.8 Å². The Morgan fingerprint density at radius 2 is 1.77 bits per heavy atom. The number of nitrogens with zero attached hydrogens (tertiary/aromatic N) is 2. The number of amides is 1. The number of anilines is 1. The van der Waals surface area contributed by atoms with Crippen LogP contribution in [-0.4, -0.2) is 21.8 Å². The average Bonchev–Trinajstić information content (AvgIpc) is 3.01. The van der Waals surface area contributed by atoms with Crippen molar-refractivity contribution in [3.63, 3.8) is 0 Å². The summed E-state index contributed by atoms with van der Waals surface area (Å²) in [6.07, 6.45) is 3.25. The van der Waals surface area contributed by atoms with Gasteiger partial charge < -0.3 is 5.11 Å². The van der Waals surface area contributed by atoms with Gasteiger partial charge in [0.05, 0.1) is 11.6 Å². The van der Waals surface area contributed by atoms with E-state index in [1.165, 1.54) is 4.90 Å². The van der Waals surface area contributed by atoms with Crippen LogP contribution in [-0.2, 0) is 9.59 Å². The van der Waals surface area contributed by atoms with Crippen molar-refractivity contribution in [3.8, 4) is 0 Å². The lowest BCUT2D eigenvalue weighted by Crippen LogP contribution is -2.29. The normalized spacial score (nSPS) is 18.1. The predicted molar refractivity (Wildman–Crippen MR) is 116 cm³/mol. The highest BCUT2D eigenvalue weighted by atomic mass is 16.3. The Balaban J connectivity index is 1.95. The summed E-state index contributed by atoms with van der Waals surface area (Å²) in [5.41, 5.74) is 4.87. The summed E-state index contributed by atoms with van der Waals surface area (Å²) in [6, 6.07) is 15.7. The van der Waals surface area contributed by atoms with E-state index >= 15 is 0 Å². The van der Waals surface area contributed by atoms with Crippen LogP contribution >= 0.6 is 0 Å². The lowest BCUT2D eigenvalue weighted by atomic mass is 9.95. The number of ketones is 1. The topological polar surface area (TPSA) is 70.5 Å². The molecule has 5 heteroatoms. The average molecular weight is 398 g/mol. The molecule has 0 bridgehead atoms. The number of carbonyl (C=O) groups is 2. The maximum atomic E-state index is 13.1. The van der Waals surface area contributed by atoms with Crippen molar-refractivity contribution in [2.75, 3.05) is 4.90 Å². The second-order valence-corrected chi connectivity index (χ2v) is 7.59. The van der Waals surface area contributed by atoms with Crippen molar-refractivity contribution in [2.45, 2.75) is 26.8 Å². The van der Waals surface area contributed by atoms with Crippen LogP contribution in [0, 0.1) is 20.8 Å². The van der Waals surface area contributed by atoms with Crippen molar-refractivity contribution >= 4 is 23.1 Å². The maximum Gasteiger partial charge on any atom is 0.300 e. The Bertz CT molecular complexity index is 1180. The first kappa shape index (κ1) is 19.6. The molecule has 0 radical (unpaired) electrons. The van der Waals surface area contributed by atoms with Crippen molar-refractivity contribution in [1.82, 2.24) is 4.98 Å². The van der Waals surface area contributed by atoms with Gasteiger partial charge in [-0.2, -0.15) is 0 Å². The SMILES string of the molecule is Cc1cccc(N2C(=O)C(=O)/C(=C(\O)c3ccc(C)c(C)c3)C2c2cccnc2)c1. The first-order valence-electron chi connectivity index (χ1n) is 9.73. The van der Waals surface area contributed by atoms with Crippen molar-refractivity contribution < 1.29 is 14.7 Å². The number of hydrogen-bond acceptors (Lipinski definition) is 4. The minimum absolute atomic E-state index is 0.0674. The Labute approximate surface area is 175 Å². The third-order valence-corrected chi connectivity index (χ3v) is 5.50. The van der Waals surface area contributed by atoms with E-state index < -0.39 is 17.7 Å². The summed E-state index contributed by atoms with van der Waals surface area (Å²) >= 11 is 0. The number of aromatic nitrogens is 1. The molecule has 0 saturated carbocycles. The lowest BCUT2D eigenvalue weighted by molar-refractivity contribution is -0.132. The zero-order valence-corrected chi connectivity index (χ0v) is 17.1. The Morgan fingerprint density at radius 3 is 2.43 bits per heavy atom. The Morgan fingerprint density at radius 1 is 0.967 bits per heavy atom. The monoisotopic (exact) mass is 398 g/mol. The fourth-order valence-corrected chi connectivity index (χ4v) is 3.77. The second kappa shape index (κ2) is 7.59. The van der Waals surface area contributed by atoms with Gasteiger partial charge in [-0.25, -0.2) is 0 Å². The molecule has 1 fully saturated rings. The van der Waals surface area contributed by atoms with Crippen LogP contribution in [0.5, 0.6) is 0 Å². The lowest BCUT2D eigenvalue weighted by Gasteiger charge is -2.25. The molecule has 3 aromatic rings. The fraction of sp³-hybridized carbons (Fsp3) is 0.160. The van der Waals surface area contributed by atoms with E-state index in [1.807, 2.05) is 51.1 Å². The molecule has 0 spiro atoms. The molecule has 1 atom stereocenters. The van der Waals surface area contributed by atoms with E-state index in [4.69, 9.17) is 0 Å². The number of aliphatic hydroxyl groups is 1. The van der Waals surface area contributed by atoms with Crippen molar-refractivity contribution in [1.29, 1.82) is 0 Å². The summed E-state index contributed by atoms with van der Waals surface area (Å²) in [5, 5.41) is 11.1. The molecule has 1 aromatic heterocycles. The second-order valence-electron chi connectivity index (χ2n) is 7.59. The molecule has 30 heavy (non-hydrogen) atoms. The third kappa shape index (κ3) is 3.28. The number of aliphatic hydroxyl groups excluding tert-OH is 1. The molecule has 1 aliphatic rings. The van der Waals surface area contributed by atoms with Crippen LogP contribution in [0.4, 0.5) is 5.69 Å². The molecule has 4 rings (SSSR count). The van der Waals surface area contributed by atoms with Gasteiger partial charge in [-0.1, -0.05) is 30.3 Å². The Kier molecular flexibility index (Phi) is 4.96. The molecule has 5 nitrogen and oxygen atoms in total. The summed E-state index contributed by atoms with van der Waals surface area (Å²) in [7, 11) is 0. The van der Waals surface area contributed by atoms with Gasteiger partial charge in [0.25, 0.3) is 11.7 Å². The van der Waals surface area contributed by atoms with E-state index in [2.05, 4.69) is 4.98 Å². The number of pyridine rings is 1. The largest absolute Gasteiger partial charge is 0.507 e. The van der Waals surface area contributed by atoms with E-state index in [0.717, 1.165) is 16.7 Å². The van der Waals surface area contributed by atoms with Crippen LogP contribution in [0.25, 0.3) is 5.76 Å². The Hall–Kier alpha value is -3.73. The molecule has 1 amide bonds. The third-order valence-electron chi connectivity index (χ3n) is 5.50. The summed E-state index contributed by atoms with van der Waals surface area (Å²) in [6.45, 7) is 5.84. The quantitative estimate of drug-likeness (QED) is 0.397. The molecule has 1 aliphatic heterocycles. The molecular weight excluding hydrogens is 376 g/mol. The molecule has 2 heterocycles. The standard InChI is InChI=1S/C25H22N2O3/c1-15-6-4-8-20(12-15)27-22(19-7-5-11-26-14-19)21(24(29)25(27)30)23(28)18-10-9-16(2)17(3)13-18/h4-14,22,28H,1-3H3/b23-21-. The van der Waals surface area contributed by atoms with Crippen LogP contribution in [0.2, 0.25) is 0 Å². The van der Waals surface area contributed by atoms with Crippen molar-refractivity contribution in [2.24, 2.45) is 0 Å². The predicted octanol–water partition coefficient (Wildman–Crippen LogP) is 4.63. The highest BCUT2D eigenvalue weighted by Gasteiger charge is 2.47. The highest BCUT2D eigenvalue weighted by molar-refractivity contribution is 6.51. The number of rotatable bonds is 3. The van der Waals surface area contributed by atoms with Gasteiger partial charge in [0.15, 0.2) is 0 Å². The first-order valence-corrected chi connectivity index (χ1v) is 9.73. The van der Waals surface area contributed by atoms with Crippen LogP contribution in [0.3, 0.4) is 0 Å². The first-order chi connectivity index (χ1) is 14.4. The van der Waals surface area contributed by atoms with E-state index in [9.17, 15) is 14.7 Å². The zero-order chi connectivity index (χ0) is 21.4. The van der Waals surface area contributed by atoms with Gasteiger partial charge in [0.1, 0.15) is 5.76 Å². The minimum atomic E-state index is -0.762. The number of aryl methyl sites for hydroxylation is 3. The number of hydrogen-bond donors (Lipinski definition) is 1. The molecule has 1 unspecified atom stereocenters. The fourth-order valence-electron chi connectivity index (χ4n) is 3.77. The summed E-state index contributed by atoms with van der Waals surface area (Å²) in [5.74, 6) is -1.55. The molecular formula is C25H22N2O3. The maximum absolute atomic E-state index is 13.1. The summed E-state index contributed by atoms with van der Waals surface area (Å²) < 4.78 is 0. The molecule has 0 aliphatic carbocycles. The van der Waals surface area contributed by atoms with E-state index in [1.54, 1.807) is 36.7 Å². The molecule has 2 aromatic carbocycles. The number of Topliss-reactive ketones (excluding diaryl/α,β-unsaturated/α-hetero) is 1. The minimum Gasteiger partial charge on any atom is -0.507 e. The van der Waals surface area contributed by atoms with Gasteiger partial charge in [-0.05, 0) is 67.3 Å². The van der Waals surface area contributed by atoms with Gasteiger partial charge in [-0.3, -0.25) is 19.5 Å². The van der Waals surface area contributed by atoms with Crippen LogP contribution in [0.1, 0.15) is 33.9 Å². The van der Waals surface area contributed by atoms with Gasteiger partial charge in [0.2, 0.25) is 0 Å². The van der Waals surface area contributed by atoms with Gasteiger partial charge >= 0.3 is 0 Å². The zero-order valence-electron chi connectivity index (χ0n) is 17.1. The summed E-state index contributed by atoms with van der Waals surface area (Å²) in [4.78, 5) is 31.8. The van der Waals surface area contributed by atoms with Crippen LogP contribution < -0.4 is 4.90 Å². The highest BCUT2D eigenvalue weighted by Crippen LogP contribution is 2.42. The van der Waals surface area contributed by atoms with Gasteiger partial charge in [-0.15, -0.1) is 0 Å². The van der Waals surface area contributed by atoms with E-state index in [-0.39, 0.29) is 11.3 Å². The number of carbonyl (C=O) groups excluding carboxylic acids is 2. The molecule has 150 valence electrons. The van der Waals surface area contributed by atoms with Gasteiger partial charge in [0, 0.05) is 23.6 Å². The van der Waals surface area contributed by atoms with Crippen molar-refractivity contribution in [3.05, 3.63) is 100 Å². The smallest absolute Gasteiger partial charge is 0.300 e.